The third kappa shape index (κ3) is 1.89. The van der Waals surface area contributed by atoms with Crippen molar-refractivity contribution in [2.45, 2.75) is 19.8 Å². The Kier molecular flexibility index (Phi) is 3.04. The first-order valence-electron chi connectivity index (χ1n) is 5.89. The minimum absolute atomic E-state index is 0.133. The van der Waals surface area contributed by atoms with Gasteiger partial charge in [-0.05, 0) is 35.4 Å². The lowest BCUT2D eigenvalue weighted by atomic mass is 10.0. The molecule has 1 fully saturated rings. The Balaban J connectivity index is 2.38. The van der Waals surface area contributed by atoms with E-state index in [2.05, 4.69) is 13.8 Å². The van der Waals surface area contributed by atoms with Crippen LogP contribution in [0.1, 0.15) is 25.3 Å². The largest absolute Gasteiger partial charge is 0.497 e. The zero-order valence-corrected chi connectivity index (χ0v) is 10.9. The molecule has 2 rings (SSSR count). The van der Waals surface area contributed by atoms with Gasteiger partial charge in [-0.2, -0.15) is 0 Å². The van der Waals surface area contributed by atoms with Crippen LogP contribution >= 0.6 is 0 Å². The molecule has 2 atom stereocenters. The molecular formula is C14H20O3. The number of ether oxygens (including phenoxy) is 2. The van der Waals surface area contributed by atoms with Gasteiger partial charge in [-0.15, -0.1) is 0 Å². The van der Waals surface area contributed by atoms with E-state index in [-0.39, 0.29) is 12.0 Å². The topological polar surface area (TPSA) is 38.7 Å². The monoisotopic (exact) mass is 236 g/mol. The van der Waals surface area contributed by atoms with E-state index < -0.39 is 0 Å². The van der Waals surface area contributed by atoms with Gasteiger partial charge in [0.15, 0.2) is 0 Å². The van der Waals surface area contributed by atoms with Crippen molar-refractivity contribution in [2.24, 2.45) is 11.3 Å². The van der Waals surface area contributed by atoms with E-state index in [0.717, 1.165) is 17.1 Å². The highest BCUT2D eigenvalue weighted by Crippen LogP contribution is 2.65. The van der Waals surface area contributed by atoms with E-state index in [1.807, 2.05) is 18.2 Å². The van der Waals surface area contributed by atoms with Crippen molar-refractivity contribution >= 4 is 0 Å². The molecule has 0 radical (unpaired) electrons. The molecule has 0 aliphatic heterocycles. The van der Waals surface area contributed by atoms with Gasteiger partial charge in [-0.25, -0.2) is 0 Å². The Morgan fingerprint density at radius 1 is 1.24 bits per heavy atom. The molecule has 1 saturated carbocycles. The molecule has 1 aromatic rings. The quantitative estimate of drug-likeness (QED) is 0.872. The maximum absolute atomic E-state index is 9.39. The molecule has 0 bridgehead atoms. The SMILES string of the molecule is COc1ccc(OC)c(C2C(CO)C2(C)C)c1. The fourth-order valence-electron chi connectivity index (χ4n) is 2.78. The Morgan fingerprint density at radius 3 is 2.41 bits per heavy atom. The molecule has 1 aliphatic rings. The Hall–Kier alpha value is -1.22. The molecule has 0 spiro atoms. The van der Waals surface area contributed by atoms with Crippen LogP contribution in [-0.4, -0.2) is 25.9 Å². The minimum atomic E-state index is 0.133. The summed E-state index contributed by atoms with van der Waals surface area (Å²) < 4.78 is 10.6. The predicted octanol–water partition coefficient (Wildman–Crippen LogP) is 2.44. The second-order valence-electron chi connectivity index (χ2n) is 5.20. The van der Waals surface area contributed by atoms with Crippen molar-refractivity contribution in [3.05, 3.63) is 23.8 Å². The summed E-state index contributed by atoms with van der Waals surface area (Å²) in [6, 6.07) is 5.84. The van der Waals surface area contributed by atoms with Gasteiger partial charge < -0.3 is 14.6 Å². The summed E-state index contributed by atoms with van der Waals surface area (Å²) in [7, 11) is 3.34. The van der Waals surface area contributed by atoms with Gasteiger partial charge in [0.1, 0.15) is 11.5 Å². The fraction of sp³-hybridized carbons (Fsp3) is 0.571. The second kappa shape index (κ2) is 4.22. The zero-order valence-electron chi connectivity index (χ0n) is 10.9. The van der Waals surface area contributed by atoms with E-state index in [4.69, 9.17) is 9.47 Å². The maximum Gasteiger partial charge on any atom is 0.122 e. The number of rotatable bonds is 4. The van der Waals surface area contributed by atoms with Crippen molar-refractivity contribution in [1.29, 1.82) is 0 Å². The van der Waals surface area contributed by atoms with Crippen molar-refractivity contribution in [1.82, 2.24) is 0 Å². The van der Waals surface area contributed by atoms with Crippen LogP contribution in [0.2, 0.25) is 0 Å². The van der Waals surface area contributed by atoms with Crippen molar-refractivity contribution in [2.75, 3.05) is 20.8 Å². The zero-order chi connectivity index (χ0) is 12.6. The van der Waals surface area contributed by atoms with Crippen LogP contribution in [0.15, 0.2) is 18.2 Å². The molecule has 2 unspecified atom stereocenters. The van der Waals surface area contributed by atoms with Crippen molar-refractivity contribution in [3.8, 4) is 11.5 Å². The van der Waals surface area contributed by atoms with Gasteiger partial charge in [-0.3, -0.25) is 0 Å². The van der Waals surface area contributed by atoms with Crippen LogP contribution < -0.4 is 9.47 Å². The molecule has 1 aromatic carbocycles. The summed E-state index contributed by atoms with van der Waals surface area (Å²) in [5.74, 6) is 2.36. The van der Waals surface area contributed by atoms with Gasteiger partial charge in [0.25, 0.3) is 0 Å². The van der Waals surface area contributed by atoms with Gasteiger partial charge in [0, 0.05) is 12.2 Å². The molecule has 0 heterocycles. The third-order valence-corrected chi connectivity index (χ3v) is 4.02. The molecular weight excluding hydrogens is 216 g/mol. The third-order valence-electron chi connectivity index (χ3n) is 4.02. The second-order valence-corrected chi connectivity index (χ2v) is 5.20. The average Bonchev–Trinajstić information content (AvgIpc) is 2.89. The fourth-order valence-corrected chi connectivity index (χ4v) is 2.78. The molecule has 3 heteroatoms. The van der Waals surface area contributed by atoms with Gasteiger partial charge in [-0.1, -0.05) is 13.8 Å². The first kappa shape index (κ1) is 12.2. The number of hydrogen-bond acceptors (Lipinski definition) is 3. The molecule has 0 aromatic heterocycles. The summed E-state index contributed by atoms with van der Waals surface area (Å²) in [5, 5.41) is 9.39. The van der Waals surface area contributed by atoms with Crippen molar-refractivity contribution < 1.29 is 14.6 Å². The van der Waals surface area contributed by atoms with E-state index >= 15 is 0 Å². The lowest BCUT2D eigenvalue weighted by molar-refractivity contribution is 0.256. The Labute approximate surface area is 102 Å². The summed E-state index contributed by atoms with van der Waals surface area (Å²) >= 11 is 0. The van der Waals surface area contributed by atoms with E-state index in [0.29, 0.717) is 11.8 Å². The first-order valence-corrected chi connectivity index (χ1v) is 5.89. The lowest BCUT2D eigenvalue weighted by Gasteiger charge is -2.11. The number of aliphatic hydroxyl groups excluding tert-OH is 1. The van der Waals surface area contributed by atoms with Crippen LogP contribution in [0, 0.1) is 11.3 Å². The molecule has 94 valence electrons. The van der Waals surface area contributed by atoms with Crippen LogP contribution in [0.3, 0.4) is 0 Å². The first-order chi connectivity index (χ1) is 8.06. The molecule has 0 amide bonds. The van der Waals surface area contributed by atoms with Crippen LogP contribution in [0.4, 0.5) is 0 Å². The highest BCUT2D eigenvalue weighted by atomic mass is 16.5. The number of aliphatic hydroxyl groups is 1. The van der Waals surface area contributed by atoms with Gasteiger partial charge in [0.2, 0.25) is 0 Å². The van der Waals surface area contributed by atoms with Crippen molar-refractivity contribution in [3.63, 3.8) is 0 Å². The number of methoxy groups -OCH3 is 2. The van der Waals surface area contributed by atoms with E-state index in [9.17, 15) is 5.11 Å². The van der Waals surface area contributed by atoms with E-state index in [1.165, 1.54) is 0 Å². The molecule has 1 aliphatic carbocycles. The summed E-state index contributed by atoms with van der Waals surface area (Å²) in [6.07, 6.45) is 0. The molecule has 17 heavy (non-hydrogen) atoms. The summed E-state index contributed by atoms with van der Waals surface area (Å²) in [6.45, 7) is 4.58. The number of hydrogen-bond donors (Lipinski definition) is 1. The van der Waals surface area contributed by atoms with Gasteiger partial charge >= 0.3 is 0 Å². The highest BCUT2D eigenvalue weighted by Gasteiger charge is 2.58. The Morgan fingerprint density at radius 2 is 1.94 bits per heavy atom. The highest BCUT2D eigenvalue weighted by molar-refractivity contribution is 5.47. The summed E-state index contributed by atoms with van der Waals surface area (Å²) in [5.41, 5.74) is 1.27. The van der Waals surface area contributed by atoms with Crippen LogP contribution in [0.5, 0.6) is 11.5 Å². The Bertz CT molecular complexity index is 412. The number of benzene rings is 1. The van der Waals surface area contributed by atoms with Crippen LogP contribution in [0.25, 0.3) is 0 Å². The predicted molar refractivity (Wildman–Crippen MR) is 66.6 cm³/mol. The molecule has 1 N–H and O–H groups in total. The van der Waals surface area contributed by atoms with Gasteiger partial charge in [0.05, 0.1) is 14.2 Å². The standard InChI is InChI=1S/C14H20O3/c1-14(2)11(8-15)13(14)10-7-9(16-3)5-6-12(10)17-4/h5-7,11,13,15H,8H2,1-4H3. The molecule has 0 saturated heterocycles. The maximum atomic E-state index is 9.39. The van der Waals surface area contributed by atoms with E-state index in [1.54, 1.807) is 14.2 Å². The lowest BCUT2D eigenvalue weighted by Crippen LogP contribution is -1.95. The van der Waals surface area contributed by atoms with Crippen LogP contribution in [-0.2, 0) is 0 Å². The average molecular weight is 236 g/mol. The smallest absolute Gasteiger partial charge is 0.122 e. The molecule has 3 nitrogen and oxygen atoms in total. The summed E-state index contributed by atoms with van der Waals surface area (Å²) in [4.78, 5) is 0. The minimum Gasteiger partial charge on any atom is -0.497 e. The normalized spacial score (nSPS) is 25.5.